The van der Waals surface area contributed by atoms with Gasteiger partial charge in [0.15, 0.2) is 0 Å². The zero-order valence-electron chi connectivity index (χ0n) is 14.4. The maximum Gasteiger partial charge on any atom is 0.251 e. The standard InChI is InChI=1S/C20H24N2O3/c1-25-14-8-13-21-19(23)15-18(16-9-4-2-5-10-16)22-20(24)17-11-6-3-7-12-17/h2-7,9-12,18H,8,13-15H2,1H3,(H,21,23)(H,22,24)/t18-/m1/s1. The van der Waals surface area contributed by atoms with Gasteiger partial charge in [0.2, 0.25) is 5.91 Å². The van der Waals surface area contributed by atoms with Crippen molar-refractivity contribution < 1.29 is 14.3 Å². The van der Waals surface area contributed by atoms with Crippen molar-refractivity contribution in [2.75, 3.05) is 20.3 Å². The highest BCUT2D eigenvalue weighted by molar-refractivity contribution is 5.94. The minimum atomic E-state index is -0.378. The van der Waals surface area contributed by atoms with E-state index >= 15 is 0 Å². The van der Waals surface area contributed by atoms with E-state index in [0.717, 1.165) is 12.0 Å². The number of rotatable bonds is 9. The Labute approximate surface area is 148 Å². The van der Waals surface area contributed by atoms with E-state index < -0.39 is 0 Å². The summed E-state index contributed by atoms with van der Waals surface area (Å²) in [6.45, 7) is 1.16. The molecule has 0 saturated carbocycles. The Balaban J connectivity index is 2.01. The zero-order valence-corrected chi connectivity index (χ0v) is 14.4. The number of ether oxygens (including phenoxy) is 1. The van der Waals surface area contributed by atoms with Crippen LogP contribution >= 0.6 is 0 Å². The van der Waals surface area contributed by atoms with Crippen LogP contribution < -0.4 is 10.6 Å². The monoisotopic (exact) mass is 340 g/mol. The third-order valence-electron chi connectivity index (χ3n) is 3.78. The van der Waals surface area contributed by atoms with Crippen LogP contribution in [0.5, 0.6) is 0 Å². The topological polar surface area (TPSA) is 67.4 Å². The van der Waals surface area contributed by atoms with E-state index in [2.05, 4.69) is 10.6 Å². The summed E-state index contributed by atoms with van der Waals surface area (Å²) in [5.74, 6) is -0.292. The number of nitrogens with one attached hydrogen (secondary N) is 2. The van der Waals surface area contributed by atoms with Crippen LogP contribution in [0, 0.1) is 0 Å². The third kappa shape index (κ3) is 6.39. The molecule has 0 aromatic heterocycles. The van der Waals surface area contributed by atoms with Crippen LogP contribution in [0.3, 0.4) is 0 Å². The van der Waals surface area contributed by atoms with E-state index in [-0.39, 0.29) is 24.3 Å². The summed E-state index contributed by atoms with van der Waals surface area (Å²) in [7, 11) is 1.63. The lowest BCUT2D eigenvalue weighted by molar-refractivity contribution is -0.121. The van der Waals surface area contributed by atoms with Crippen LogP contribution in [-0.4, -0.2) is 32.1 Å². The Morgan fingerprint density at radius 1 is 1.00 bits per heavy atom. The van der Waals surface area contributed by atoms with Crippen LogP contribution in [0.4, 0.5) is 0 Å². The molecular formula is C20H24N2O3. The molecule has 0 saturated heterocycles. The fourth-order valence-electron chi connectivity index (χ4n) is 2.47. The van der Waals surface area contributed by atoms with Crippen molar-refractivity contribution >= 4 is 11.8 Å². The van der Waals surface area contributed by atoms with Gasteiger partial charge in [0.1, 0.15) is 0 Å². The van der Waals surface area contributed by atoms with Gasteiger partial charge in [0, 0.05) is 25.8 Å². The van der Waals surface area contributed by atoms with Crippen LogP contribution in [0.1, 0.15) is 34.8 Å². The normalized spacial score (nSPS) is 11.6. The van der Waals surface area contributed by atoms with Crippen LogP contribution in [0.2, 0.25) is 0 Å². The van der Waals surface area contributed by atoms with Gasteiger partial charge in [0.05, 0.1) is 12.5 Å². The van der Waals surface area contributed by atoms with Crippen molar-refractivity contribution in [3.8, 4) is 0 Å². The van der Waals surface area contributed by atoms with Crippen LogP contribution in [0.25, 0.3) is 0 Å². The summed E-state index contributed by atoms with van der Waals surface area (Å²) < 4.78 is 4.97. The first-order chi connectivity index (χ1) is 12.2. The number of benzene rings is 2. The summed E-state index contributed by atoms with van der Waals surface area (Å²) in [6.07, 6.45) is 0.949. The SMILES string of the molecule is COCCCNC(=O)C[C@@H](NC(=O)c1ccccc1)c1ccccc1. The van der Waals surface area contributed by atoms with Crippen molar-refractivity contribution in [2.45, 2.75) is 18.9 Å². The lowest BCUT2D eigenvalue weighted by Crippen LogP contribution is -2.34. The summed E-state index contributed by atoms with van der Waals surface area (Å²) >= 11 is 0. The minimum absolute atomic E-state index is 0.0988. The van der Waals surface area contributed by atoms with E-state index in [9.17, 15) is 9.59 Å². The molecule has 5 heteroatoms. The first-order valence-corrected chi connectivity index (χ1v) is 8.37. The van der Waals surface area contributed by atoms with Gasteiger partial charge in [-0.05, 0) is 24.1 Å². The molecule has 132 valence electrons. The van der Waals surface area contributed by atoms with Gasteiger partial charge in [-0.25, -0.2) is 0 Å². The molecule has 25 heavy (non-hydrogen) atoms. The molecule has 0 bridgehead atoms. The van der Waals surface area contributed by atoms with Crippen molar-refractivity contribution in [3.05, 3.63) is 71.8 Å². The predicted molar refractivity (Wildman–Crippen MR) is 97.2 cm³/mol. The van der Waals surface area contributed by atoms with Gasteiger partial charge in [0.25, 0.3) is 5.91 Å². The smallest absolute Gasteiger partial charge is 0.251 e. The van der Waals surface area contributed by atoms with Gasteiger partial charge >= 0.3 is 0 Å². The molecule has 0 heterocycles. The molecule has 2 aromatic rings. The van der Waals surface area contributed by atoms with Gasteiger partial charge in [-0.15, -0.1) is 0 Å². The van der Waals surface area contributed by atoms with Gasteiger partial charge in [-0.2, -0.15) is 0 Å². The number of carbonyl (C=O) groups is 2. The summed E-state index contributed by atoms with van der Waals surface area (Å²) in [6, 6.07) is 18.1. The highest BCUT2D eigenvalue weighted by atomic mass is 16.5. The predicted octanol–water partition coefficient (Wildman–Crippen LogP) is 2.70. The molecular weight excluding hydrogens is 316 g/mol. The van der Waals surface area contributed by atoms with E-state index in [1.54, 1.807) is 19.2 Å². The summed E-state index contributed by atoms with van der Waals surface area (Å²) in [5, 5.41) is 5.82. The molecule has 5 nitrogen and oxygen atoms in total. The Morgan fingerprint density at radius 2 is 1.64 bits per heavy atom. The summed E-state index contributed by atoms with van der Waals surface area (Å²) in [5.41, 5.74) is 1.47. The van der Waals surface area contributed by atoms with E-state index in [0.29, 0.717) is 18.7 Å². The quantitative estimate of drug-likeness (QED) is 0.690. The molecule has 0 aliphatic carbocycles. The highest BCUT2D eigenvalue weighted by Crippen LogP contribution is 2.17. The molecule has 2 aromatic carbocycles. The zero-order chi connectivity index (χ0) is 17.9. The third-order valence-corrected chi connectivity index (χ3v) is 3.78. The van der Waals surface area contributed by atoms with Crippen molar-refractivity contribution in [2.24, 2.45) is 0 Å². The number of methoxy groups -OCH3 is 1. The van der Waals surface area contributed by atoms with E-state index in [4.69, 9.17) is 4.74 Å². The molecule has 2 amide bonds. The minimum Gasteiger partial charge on any atom is -0.385 e. The summed E-state index contributed by atoms with van der Waals surface area (Å²) in [4.78, 5) is 24.7. The van der Waals surface area contributed by atoms with Crippen molar-refractivity contribution in [1.82, 2.24) is 10.6 Å². The molecule has 0 spiro atoms. The fourth-order valence-corrected chi connectivity index (χ4v) is 2.47. The fraction of sp³-hybridized carbons (Fsp3) is 0.300. The van der Waals surface area contributed by atoms with Gasteiger partial charge in [-0.1, -0.05) is 48.5 Å². The van der Waals surface area contributed by atoms with Crippen molar-refractivity contribution in [1.29, 1.82) is 0 Å². The van der Waals surface area contributed by atoms with Crippen molar-refractivity contribution in [3.63, 3.8) is 0 Å². The molecule has 1 atom stereocenters. The maximum atomic E-state index is 12.4. The average molecular weight is 340 g/mol. The Bertz CT molecular complexity index is 659. The number of carbonyl (C=O) groups excluding carboxylic acids is 2. The Hall–Kier alpha value is -2.66. The lowest BCUT2D eigenvalue weighted by atomic mass is 10.0. The maximum absolute atomic E-state index is 12.4. The van der Waals surface area contributed by atoms with Crippen LogP contribution in [-0.2, 0) is 9.53 Å². The first-order valence-electron chi connectivity index (χ1n) is 8.37. The Kier molecular flexibility index (Phi) is 7.66. The number of amides is 2. The molecule has 2 N–H and O–H groups in total. The van der Waals surface area contributed by atoms with Crippen LogP contribution in [0.15, 0.2) is 60.7 Å². The Morgan fingerprint density at radius 3 is 2.28 bits per heavy atom. The number of hydrogen-bond acceptors (Lipinski definition) is 3. The average Bonchev–Trinajstić information content (AvgIpc) is 2.66. The molecule has 0 aliphatic heterocycles. The van der Waals surface area contributed by atoms with Gasteiger partial charge in [-0.3, -0.25) is 9.59 Å². The first kappa shape index (κ1) is 18.7. The largest absolute Gasteiger partial charge is 0.385 e. The van der Waals surface area contributed by atoms with Gasteiger partial charge < -0.3 is 15.4 Å². The molecule has 2 rings (SSSR count). The molecule has 0 radical (unpaired) electrons. The van der Waals surface area contributed by atoms with E-state index in [1.165, 1.54) is 0 Å². The highest BCUT2D eigenvalue weighted by Gasteiger charge is 2.18. The second-order valence-corrected chi connectivity index (χ2v) is 5.70. The van der Waals surface area contributed by atoms with E-state index in [1.807, 2.05) is 48.5 Å². The second-order valence-electron chi connectivity index (χ2n) is 5.70. The molecule has 0 unspecified atom stereocenters. The second kappa shape index (κ2) is 10.3. The number of hydrogen-bond donors (Lipinski definition) is 2. The molecule has 0 aliphatic rings. The lowest BCUT2D eigenvalue weighted by Gasteiger charge is -2.19. The molecule has 0 fully saturated rings.